The molecule has 0 atom stereocenters. The van der Waals surface area contributed by atoms with E-state index in [0.717, 1.165) is 31.2 Å². The van der Waals surface area contributed by atoms with Gasteiger partial charge in [0.05, 0.1) is 6.54 Å². The van der Waals surface area contributed by atoms with Gasteiger partial charge in [0, 0.05) is 25.6 Å². The maximum atomic E-state index is 5.71. The average molecular weight is 323 g/mol. The van der Waals surface area contributed by atoms with Crippen molar-refractivity contribution in [1.82, 2.24) is 15.0 Å². The summed E-state index contributed by atoms with van der Waals surface area (Å²) in [5, 5.41) is 4.09. The zero-order valence-corrected chi connectivity index (χ0v) is 13.5. The van der Waals surface area contributed by atoms with E-state index >= 15 is 0 Å². The summed E-state index contributed by atoms with van der Waals surface area (Å²) in [5.41, 5.74) is 7.05. The van der Waals surface area contributed by atoms with Crippen molar-refractivity contribution < 1.29 is 4.52 Å². The minimum Gasteiger partial charge on any atom is -0.339 e. The van der Waals surface area contributed by atoms with Crippen molar-refractivity contribution in [2.24, 2.45) is 5.73 Å². The Labute approximate surface area is 137 Å². The van der Waals surface area contributed by atoms with Crippen LogP contribution >= 0.6 is 12.4 Å². The zero-order valence-electron chi connectivity index (χ0n) is 12.6. The molecule has 1 aliphatic carbocycles. The number of hydrogen-bond acceptors (Lipinski definition) is 5. The summed E-state index contributed by atoms with van der Waals surface area (Å²) in [6.45, 7) is 3.15. The molecular weight excluding hydrogens is 300 g/mol. The van der Waals surface area contributed by atoms with Crippen molar-refractivity contribution in [3.8, 4) is 0 Å². The summed E-state index contributed by atoms with van der Waals surface area (Å²) < 4.78 is 5.31. The predicted molar refractivity (Wildman–Crippen MR) is 88.0 cm³/mol. The van der Waals surface area contributed by atoms with Crippen LogP contribution in [0.5, 0.6) is 0 Å². The van der Waals surface area contributed by atoms with Crippen LogP contribution in [0.3, 0.4) is 0 Å². The molecule has 5 nitrogen and oxygen atoms in total. The molecule has 1 saturated carbocycles. The van der Waals surface area contributed by atoms with Crippen LogP contribution in [0.2, 0.25) is 0 Å². The largest absolute Gasteiger partial charge is 0.339 e. The predicted octanol–water partition coefficient (Wildman–Crippen LogP) is 2.37. The number of nitrogens with zero attached hydrogens (tertiary/aromatic N) is 3. The van der Waals surface area contributed by atoms with Gasteiger partial charge in [0.25, 0.3) is 0 Å². The standard InChI is InChI=1S/C16H22N4O.ClH/c17-9-11-20(10-8-13-4-2-1-3-5-13)12-15-18-16(21-19-15)14-6-7-14;/h1-5,14H,6-12,17H2;1H. The highest BCUT2D eigenvalue weighted by atomic mass is 35.5. The van der Waals surface area contributed by atoms with Crippen molar-refractivity contribution >= 4 is 12.4 Å². The Balaban J connectivity index is 0.00000176. The summed E-state index contributed by atoms with van der Waals surface area (Å²) in [6, 6.07) is 10.5. The van der Waals surface area contributed by atoms with Gasteiger partial charge in [0.15, 0.2) is 5.82 Å². The van der Waals surface area contributed by atoms with E-state index in [1.54, 1.807) is 0 Å². The molecule has 6 heteroatoms. The number of aromatic nitrogens is 2. The molecule has 0 amide bonds. The van der Waals surface area contributed by atoms with E-state index in [1.807, 2.05) is 6.07 Å². The molecule has 3 rings (SSSR count). The fourth-order valence-corrected chi connectivity index (χ4v) is 2.41. The Hall–Kier alpha value is -1.43. The molecule has 22 heavy (non-hydrogen) atoms. The van der Waals surface area contributed by atoms with Crippen LogP contribution < -0.4 is 5.73 Å². The highest BCUT2D eigenvalue weighted by Gasteiger charge is 2.29. The van der Waals surface area contributed by atoms with E-state index in [9.17, 15) is 0 Å². The average Bonchev–Trinajstić information content (AvgIpc) is 3.26. The fraction of sp³-hybridized carbons (Fsp3) is 0.500. The normalized spacial score (nSPS) is 14.1. The third kappa shape index (κ3) is 4.80. The first-order valence-electron chi connectivity index (χ1n) is 7.64. The van der Waals surface area contributed by atoms with Gasteiger partial charge in [-0.1, -0.05) is 35.5 Å². The molecule has 0 saturated heterocycles. The van der Waals surface area contributed by atoms with Gasteiger partial charge in [0.1, 0.15) is 0 Å². The monoisotopic (exact) mass is 322 g/mol. The molecule has 0 bridgehead atoms. The van der Waals surface area contributed by atoms with Gasteiger partial charge in [-0.15, -0.1) is 12.4 Å². The smallest absolute Gasteiger partial charge is 0.229 e. The Bertz CT molecular complexity index is 556. The molecule has 120 valence electrons. The third-order valence-corrected chi connectivity index (χ3v) is 3.78. The minimum atomic E-state index is 0. The first-order valence-corrected chi connectivity index (χ1v) is 7.64. The van der Waals surface area contributed by atoms with Crippen molar-refractivity contribution in [2.75, 3.05) is 19.6 Å². The number of nitrogens with two attached hydrogens (primary N) is 1. The van der Waals surface area contributed by atoms with Gasteiger partial charge >= 0.3 is 0 Å². The SMILES string of the molecule is Cl.NCCN(CCc1ccccc1)Cc1noc(C2CC2)n1. The molecule has 2 N–H and O–H groups in total. The van der Waals surface area contributed by atoms with Gasteiger partial charge in [-0.3, -0.25) is 4.90 Å². The van der Waals surface area contributed by atoms with Crippen molar-refractivity contribution in [1.29, 1.82) is 0 Å². The molecule has 1 aromatic carbocycles. The lowest BCUT2D eigenvalue weighted by atomic mass is 10.1. The van der Waals surface area contributed by atoms with Gasteiger partial charge in [-0.2, -0.15) is 4.98 Å². The second kappa shape index (κ2) is 8.27. The molecule has 1 aromatic heterocycles. The van der Waals surface area contributed by atoms with Crippen LogP contribution in [0.15, 0.2) is 34.9 Å². The molecule has 0 spiro atoms. The van der Waals surface area contributed by atoms with Crippen LogP contribution in [0.25, 0.3) is 0 Å². The molecule has 0 unspecified atom stereocenters. The lowest BCUT2D eigenvalue weighted by molar-refractivity contribution is 0.263. The van der Waals surface area contributed by atoms with E-state index in [-0.39, 0.29) is 12.4 Å². The second-order valence-electron chi connectivity index (χ2n) is 5.62. The first-order chi connectivity index (χ1) is 10.3. The molecule has 2 aromatic rings. The number of hydrogen-bond donors (Lipinski definition) is 1. The van der Waals surface area contributed by atoms with E-state index in [4.69, 9.17) is 10.3 Å². The first kappa shape index (κ1) is 16.9. The molecule has 1 fully saturated rings. The molecular formula is C16H23ClN4O. The molecule has 0 radical (unpaired) electrons. The van der Waals surface area contributed by atoms with E-state index in [2.05, 4.69) is 39.3 Å². The number of benzene rings is 1. The Morgan fingerprint density at radius 3 is 2.64 bits per heavy atom. The Morgan fingerprint density at radius 1 is 1.18 bits per heavy atom. The van der Waals surface area contributed by atoms with Crippen molar-refractivity contribution in [3.05, 3.63) is 47.6 Å². The van der Waals surface area contributed by atoms with Crippen molar-refractivity contribution in [3.63, 3.8) is 0 Å². The van der Waals surface area contributed by atoms with Crippen LogP contribution in [-0.4, -0.2) is 34.7 Å². The lowest BCUT2D eigenvalue weighted by Gasteiger charge is -2.19. The summed E-state index contributed by atoms with van der Waals surface area (Å²) in [6.07, 6.45) is 3.37. The van der Waals surface area contributed by atoms with E-state index in [1.165, 1.54) is 18.4 Å². The van der Waals surface area contributed by atoms with Crippen LogP contribution in [-0.2, 0) is 13.0 Å². The Morgan fingerprint density at radius 2 is 1.95 bits per heavy atom. The molecule has 1 heterocycles. The fourth-order valence-electron chi connectivity index (χ4n) is 2.41. The summed E-state index contributed by atoms with van der Waals surface area (Å²) in [4.78, 5) is 6.78. The summed E-state index contributed by atoms with van der Waals surface area (Å²) in [7, 11) is 0. The quantitative estimate of drug-likeness (QED) is 0.808. The Kier molecular flexibility index (Phi) is 6.36. The maximum Gasteiger partial charge on any atom is 0.229 e. The van der Waals surface area contributed by atoms with Crippen LogP contribution in [0.4, 0.5) is 0 Å². The highest BCUT2D eigenvalue weighted by molar-refractivity contribution is 5.85. The van der Waals surface area contributed by atoms with E-state index < -0.39 is 0 Å². The van der Waals surface area contributed by atoms with Crippen molar-refractivity contribution in [2.45, 2.75) is 31.7 Å². The maximum absolute atomic E-state index is 5.71. The van der Waals surface area contributed by atoms with Gasteiger partial charge in [-0.05, 0) is 24.8 Å². The van der Waals surface area contributed by atoms with Gasteiger partial charge in [0.2, 0.25) is 5.89 Å². The topological polar surface area (TPSA) is 68.2 Å². The number of rotatable bonds is 8. The minimum absolute atomic E-state index is 0. The van der Waals surface area contributed by atoms with Gasteiger partial charge in [-0.25, -0.2) is 0 Å². The number of halogens is 1. The molecule has 1 aliphatic rings. The third-order valence-electron chi connectivity index (χ3n) is 3.78. The highest BCUT2D eigenvalue weighted by Crippen LogP contribution is 2.38. The molecule has 0 aliphatic heterocycles. The van der Waals surface area contributed by atoms with E-state index in [0.29, 0.717) is 19.0 Å². The summed E-state index contributed by atoms with van der Waals surface area (Å²) >= 11 is 0. The summed E-state index contributed by atoms with van der Waals surface area (Å²) in [5.74, 6) is 2.10. The zero-order chi connectivity index (χ0) is 14.5. The van der Waals surface area contributed by atoms with Gasteiger partial charge < -0.3 is 10.3 Å². The van der Waals surface area contributed by atoms with Crippen LogP contribution in [0, 0.1) is 0 Å². The van der Waals surface area contributed by atoms with Crippen LogP contribution in [0.1, 0.15) is 36.0 Å². The lowest BCUT2D eigenvalue weighted by Crippen LogP contribution is -2.31. The second-order valence-corrected chi connectivity index (χ2v) is 5.62.